The molecule has 0 amide bonds. The number of nitrogens with one attached hydrogen (secondary N) is 3. The van der Waals surface area contributed by atoms with Crippen molar-refractivity contribution in [3.8, 4) is 11.8 Å². The molecule has 14 heteroatoms. The van der Waals surface area contributed by atoms with Gasteiger partial charge in [0.2, 0.25) is 5.95 Å². The van der Waals surface area contributed by atoms with Crippen LogP contribution in [0.1, 0.15) is 76.0 Å². The molecule has 0 radical (unpaired) electrons. The van der Waals surface area contributed by atoms with Gasteiger partial charge in [0.15, 0.2) is 0 Å². The second-order valence-electron chi connectivity index (χ2n) is 11.9. The van der Waals surface area contributed by atoms with Crippen LogP contribution in [0, 0.1) is 11.3 Å². The molecular formula is C26H31F3N10O. The Bertz CT molecular complexity index is 1530. The summed E-state index contributed by atoms with van der Waals surface area (Å²) in [5.74, 6) is -0.0526. The number of alkyl halides is 3. The van der Waals surface area contributed by atoms with Crippen molar-refractivity contribution in [1.82, 2.24) is 35.1 Å². The highest BCUT2D eigenvalue weighted by Gasteiger charge is 2.41. The second-order valence-corrected chi connectivity index (χ2v) is 11.9. The molecule has 0 atom stereocenters. The zero-order chi connectivity index (χ0) is 29.0. The molecule has 0 unspecified atom stereocenters. The number of nitrogens with zero attached hydrogens (tertiary/aromatic N) is 7. The lowest BCUT2D eigenvalue weighted by atomic mass is 9.79. The first-order chi connectivity index (χ1) is 18.7. The van der Waals surface area contributed by atoms with E-state index in [2.05, 4.69) is 70.1 Å². The van der Waals surface area contributed by atoms with Crippen molar-refractivity contribution in [2.45, 2.75) is 82.6 Å². The zero-order valence-corrected chi connectivity index (χ0v) is 22.9. The number of nitriles is 1. The molecule has 11 nitrogen and oxygen atoms in total. The van der Waals surface area contributed by atoms with E-state index in [1.54, 1.807) is 0 Å². The molecule has 2 aliphatic rings. The number of aromatic nitrogens is 6. The smallest absolute Gasteiger partial charge is 0.366 e. The Balaban J connectivity index is 1.53. The van der Waals surface area contributed by atoms with Crippen molar-refractivity contribution in [3.05, 3.63) is 45.5 Å². The van der Waals surface area contributed by atoms with Crippen LogP contribution in [0.3, 0.4) is 0 Å². The van der Waals surface area contributed by atoms with Gasteiger partial charge in [-0.15, -0.1) is 0 Å². The summed E-state index contributed by atoms with van der Waals surface area (Å²) in [5, 5.41) is 26.9. The fraction of sp³-hybridized carbons (Fsp3) is 0.538. The van der Waals surface area contributed by atoms with Crippen LogP contribution in [0.15, 0.2) is 23.1 Å². The maximum absolute atomic E-state index is 14.3. The molecule has 2 aromatic heterocycles. The van der Waals surface area contributed by atoms with Crippen LogP contribution in [-0.2, 0) is 13.2 Å². The van der Waals surface area contributed by atoms with Crippen LogP contribution < -0.4 is 21.6 Å². The number of tetrazole rings is 1. The van der Waals surface area contributed by atoms with E-state index in [0.29, 0.717) is 12.8 Å². The average molecular weight is 557 g/mol. The molecule has 1 saturated heterocycles. The van der Waals surface area contributed by atoms with Crippen LogP contribution in [-0.4, -0.2) is 46.9 Å². The molecule has 1 aliphatic heterocycles. The van der Waals surface area contributed by atoms with Crippen LogP contribution in [0.2, 0.25) is 0 Å². The maximum atomic E-state index is 14.3. The quantitative estimate of drug-likeness (QED) is 0.411. The molecule has 5 rings (SSSR count). The summed E-state index contributed by atoms with van der Waals surface area (Å²) in [7, 11) is 1.37. The number of aryl methyl sites for hydroxylation is 1. The summed E-state index contributed by atoms with van der Waals surface area (Å²) in [5.41, 5.74) is -1.60. The largest absolute Gasteiger partial charge is 0.416 e. The molecule has 0 spiro atoms. The highest BCUT2D eigenvalue weighted by Crippen LogP contribution is 2.49. The molecule has 3 N–H and O–H groups in total. The number of halogens is 3. The van der Waals surface area contributed by atoms with Gasteiger partial charge in [-0.05, 0) is 87.4 Å². The number of anilines is 3. The third-order valence-electron chi connectivity index (χ3n) is 7.10. The lowest BCUT2D eigenvalue weighted by Gasteiger charge is -2.46. The van der Waals surface area contributed by atoms with Crippen molar-refractivity contribution in [2.75, 3.05) is 10.6 Å². The Labute approximate surface area is 228 Å². The van der Waals surface area contributed by atoms with E-state index in [0.717, 1.165) is 28.3 Å². The van der Waals surface area contributed by atoms with Crippen LogP contribution in [0.25, 0.3) is 5.69 Å². The fourth-order valence-corrected chi connectivity index (χ4v) is 5.77. The van der Waals surface area contributed by atoms with Crippen LogP contribution in [0.4, 0.5) is 30.6 Å². The Morgan fingerprint density at radius 1 is 1.12 bits per heavy atom. The molecule has 3 heterocycles. The van der Waals surface area contributed by atoms with Gasteiger partial charge in [0.05, 0.1) is 17.4 Å². The Morgan fingerprint density at radius 3 is 2.35 bits per heavy atom. The molecule has 3 aromatic rings. The maximum Gasteiger partial charge on any atom is 0.416 e. The zero-order valence-electron chi connectivity index (χ0n) is 22.9. The highest BCUT2D eigenvalue weighted by atomic mass is 19.4. The Hall–Kier alpha value is -3.99. The predicted molar refractivity (Wildman–Crippen MR) is 142 cm³/mol. The number of hydrogen-bond donors (Lipinski definition) is 3. The number of piperidine rings is 1. The van der Waals surface area contributed by atoms with Crippen molar-refractivity contribution in [2.24, 2.45) is 7.05 Å². The van der Waals surface area contributed by atoms with Gasteiger partial charge in [-0.1, -0.05) is 0 Å². The van der Waals surface area contributed by atoms with Crippen molar-refractivity contribution in [3.63, 3.8) is 0 Å². The minimum atomic E-state index is -4.68. The lowest BCUT2D eigenvalue weighted by Crippen LogP contribution is -2.60. The molecule has 1 saturated carbocycles. The summed E-state index contributed by atoms with van der Waals surface area (Å²) in [6, 6.07) is 4.48. The van der Waals surface area contributed by atoms with Crippen molar-refractivity contribution < 1.29 is 13.2 Å². The molecule has 40 heavy (non-hydrogen) atoms. The number of rotatable bonds is 6. The second kappa shape index (κ2) is 9.58. The minimum absolute atomic E-state index is 0.00121. The van der Waals surface area contributed by atoms with Gasteiger partial charge in [-0.3, -0.25) is 0 Å². The monoisotopic (exact) mass is 556 g/mol. The lowest BCUT2D eigenvalue weighted by molar-refractivity contribution is -0.138. The number of hydrogen-bond acceptors (Lipinski definition) is 9. The van der Waals surface area contributed by atoms with Gasteiger partial charge in [-0.25, -0.2) is 9.78 Å². The van der Waals surface area contributed by atoms with E-state index in [1.165, 1.54) is 19.3 Å². The van der Waals surface area contributed by atoms with E-state index >= 15 is 0 Å². The normalized spacial score (nSPS) is 18.8. The summed E-state index contributed by atoms with van der Waals surface area (Å²) in [4.78, 5) is 21.2. The van der Waals surface area contributed by atoms with E-state index in [-0.39, 0.29) is 57.3 Å². The highest BCUT2D eigenvalue weighted by molar-refractivity contribution is 5.66. The molecular weight excluding hydrogens is 525 g/mol. The van der Waals surface area contributed by atoms with Crippen molar-refractivity contribution in [1.29, 1.82) is 5.26 Å². The van der Waals surface area contributed by atoms with E-state index < -0.39 is 17.4 Å². The van der Waals surface area contributed by atoms with Gasteiger partial charge in [0.1, 0.15) is 17.5 Å². The predicted octanol–water partition coefficient (Wildman–Crippen LogP) is 3.99. The third-order valence-corrected chi connectivity index (χ3v) is 7.10. The Morgan fingerprint density at radius 2 is 1.80 bits per heavy atom. The van der Waals surface area contributed by atoms with Gasteiger partial charge in [0.25, 0.3) is 0 Å². The molecule has 2 fully saturated rings. The standard InChI is InChI=1S/C26H31F3N10O/c1-24(2)10-17(11-25(3,4)35-24)32-21-15(12-30)13-31-22(34-21)33-16-8-18(26(27,28)29)20(14-6-7-14)19(9-16)39-23(40)38(5)36-37-39/h8-9,13-14,17,35H,6-7,10-11H2,1-5H3,(H2,31,32,33,34). The fourth-order valence-electron chi connectivity index (χ4n) is 5.77. The molecule has 0 bridgehead atoms. The first kappa shape index (κ1) is 27.6. The summed E-state index contributed by atoms with van der Waals surface area (Å²) in [6.45, 7) is 8.41. The summed E-state index contributed by atoms with van der Waals surface area (Å²) < 4.78 is 44.6. The molecule has 1 aliphatic carbocycles. The SMILES string of the molecule is Cn1nnn(-c2cc(Nc3ncc(C#N)c(NC4CC(C)(C)NC(C)(C)C4)n3)cc(C(F)(F)F)c2C2CC2)c1=O. The first-order valence-corrected chi connectivity index (χ1v) is 13.0. The van der Waals surface area contributed by atoms with Gasteiger partial charge >= 0.3 is 11.9 Å². The molecule has 212 valence electrons. The van der Waals surface area contributed by atoms with Gasteiger partial charge in [0, 0.05) is 29.9 Å². The van der Waals surface area contributed by atoms with Gasteiger partial charge in [-0.2, -0.15) is 32.8 Å². The summed E-state index contributed by atoms with van der Waals surface area (Å²) >= 11 is 0. The van der Waals surface area contributed by atoms with Crippen LogP contribution in [0.5, 0.6) is 0 Å². The average Bonchev–Trinajstić information content (AvgIpc) is 3.61. The van der Waals surface area contributed by atoms with Crippen LogP contribution >= 0.6 is 0 Å². The summed E-state index contributed by atoms with van der Waals surface area (Å²) in [6.07, 6.45) is -0.662. The van der Waals surface area contributed by atoms with Gasteiger partial charge < -0.3 is 16.0 Å². The van der Waals surface area contributed by atoms with Crippen molar-refractivity contribution >= 4 is 17.5 Å². The topological polar surface area (TPSA) is 138 Å². The van der Waals surface area contributed by atoms with E-state index in [4.69, 9.17) is 0 Å². The number of benzene rings is 1. The minimum Gasteiger partial charge on any atom is -0.366 e. The van der Waals surface area contributed by atoms with E-state index in [9.17, 15) is 23.2 Å². The third kappa shape index (κ3) is 5.65. The Kier molecular flexibility index (Phi) is 6.60. The molecule has 1 aromatic carbocycles. The van der Waals surface area contributed by atoms with E-state index in [1.807, 2.05) is 0 Å². The first-order valence-electron chi connectivity index (χ1n) is 13.0.